The average Bonchev–Trinajstić information content (AvgIpc) is 3.31. The minimum absolute atomic E-state index is 0.197. The van der Waals surface area contributed by atoms with Crippen molar-refractivity contribution in [2.75, 3.05) is 7.11 Å². The van der Waals surface area contributed by atoms with Crippen molar-refractivity contribution in [3.63, 3.8) is 0 Å². The third kappa shape index (κ3) is 2.80. The number of rotatable bonds is 4. The Morgan fingerprint density at radius 1 is 1.09 bits per heavy atom. The summed E-state index contributed by atoms with van der Waals surface area (Å²) < 4.78 is 30.6. The lowest BCUT2D eigenvalue weighted by Gasteiger charge is -2.05. The first kappa shape index (κ1) is 15.9. The molecule has 2 aromatic rings. The van der Waals surface area contributed by atoms with Gasteiger partial charge in [-0.1, -0.05) is 23.7 Å². The van der Waals surface area contributed by atoms with Gasteiger partial charge >= 0.3 is 0 Å². The highest BCUT2D eigenvalue weighted by molar-refractivity contribution is 7.92. The Morgan fingerprint density at radius 2 is 1.70 bits per heavy atom. The van der Waals surface area contributed by atoms with Gasteiger partial charge in [-0.15, -0.1) is 0 Å². The quantitative estimate of drug-likeness (QED) is 0.849. The molecule has 3 atom stereocenters. The molecule has 1 saturated carbocycles. The van der Waals surface area contributed by atoms with Gasteiger partial charge in [0.15, 0.2) is 9.84 Å². The maximum absolute atomic E-state index is 12.8. The molecule has 0 saturated heterocycles. The fourth-order valence-corrected chi connectivity index (χ4v) is 5.02. The molecule has 6 heteroatoms. The van der Waals surface area contributed by atoms with Crippen LogP contribution in [0.3, 0.4) is 0 Å². The SMILES string of the molecule is COc1ccc([C@@H]2[C@@H](C#N)[C@@H]2S(=O)(=O)c2ccc(Cl)cc2)cc1. The summed E-state index contributed by atoms with van der Waals surface area (Å²) in [7, 11) is -2.00. The summed E-state index contributed by atoms with van der Waals surface area (Å²) in [6.07, 6.45) is 0. The van der Waals surface area contributed by atoms with E-state index in [4.69, 9.17) is 16.3 Å². The van der Waals surface area contributed by atoms with Gasteiger partial charge < -0.3 is 4.74 Å². The molecule has 4 nitrogen and oxygen atoms in total. The number of sulfone groups is 1. The van der Waals surface area contributed by atoms with Crippen LogP contribution in [0.1, 0.15) is 11.5 Å². The lowest BCUT2D eigenvalue weighted by molar-refractivity contribution is 0.414. The second kappa shape index (κ2) is 5.88. The summed E-state index contributed by atoms with van der Waals surface area (Å²) in [6.45, 7) is 0. The van der Waals surface area contributed by atoms with Crippen LogP contribution in [0.4, 0.5) is 0 Å². The van der Waals surface area contributed by atoms with Crippen molar-refractivity contribution in [1.82, 2.24) is 0 Å². The number of methoxy groups -OCH3 is 1. The minimum atomic E-state index is -3.57. The van der Waals surface area contributed by atoms with Gasteiger partial charge in [0.2, 0.25) is 0 Å². The molecule has 0 amide bonds. The highest BCUT2D eigenvalue weighted by atomic mass is 35.5. The molecule has 1 aliphatic rings. The third-order valence-electron chi connectivity index (χ3n) is 4.10. The van der Waals surface area contributed by atoms with Gasteiger partial charge in [0, 0.05) is 10.9 Å². The number of hydrogen-bond donors (Lipinski definition) is 0. The average molecular weight is 348 g/mol. The van der Waals surface area contributed by atoms with E-state index in [-0.39, 0.29) is 10.8 Å². The molecule has 1 aliphatic carbocycles. The van der Waals surface area contributed by atoms with Crippen molar-refractivity contribution >= 4 is 21.4 Å². The Bertz CT molecular complexity index is 854. The summed E-state index contributed by atoms with van der Waals surface area (Å²) in [5.41, 5.74) is 0.833. The van der Waals surface area contributed by atoms with Crippen molar-refractivity contribution in [2.24, 2.45) is 5.92 Å². The Labute approximate surface area is 140 Å². The van der Waals surface area contributed by atoms with E-state index in [0.29, 0.717) is 10.8 Å². The standard InChI is InChI=1S/C17H14ClNO3S/c1-22-13-6-2-11(3-7-13)16-15(10-19)17(16)23(20,21)14-8-4-12(18)5-9-14/h2-9,15-17H,1H3/t15-,16-,17+/m1/s1. The fourth-order valence-electron chi connectivity index (χ4n) is 2.83. The predicted molar refractivity (Wildman–Crippen MR) is 87.3 cm³/mol. The topological polar surface area (TPSA) is 67.2 Å². The summed E-state index contributed by atoms with van der Waals surface area (Å²) in [4.78, 5) is 0.197. The number of halogens is 1. The van der Waals surface area contributed by atoms with Crippen LogP contribution in [0.5, 0.6) is 5.75 Å². The first-order valence-corrected chi connectivity index (χ1v) is 8.94. The molecule has 2 aromatic carbocycles. The Hall–Kier alpha value is -2.03. The first-order valence-electron chi connectivity index (χ1n) is 7.02. The van der Waals surface area contributed by atoms with Gasteiger partial charge in [-0.2, -0.15) is 5.26 Å². The van der Waals surface area contributed by atoms with E-state index in [0.717, 1.165) is 5.56 Å². The fraction of sp³-hybridized carbons (Fsp3) is 0.235. The van der Waals surface area contributed by atoms with Gasteiger partial charge in [-0.25, -0.2) is 8.42 Å². The lowest BCUT2D eigenvalue weighted by atomic mass is 10.1. The molecule has 0 bridgehead atoms. The van der Waals surface area contributed by atoms with Crippen molar-refractivity contribution in [2.45, 2.75) is 16.1 Å². The van der Waals surface area contributed by atoms with Crippen molar-refractivity contribution in [3.05, 3.63) is 59.1 Å². The van der Waals surface area contributed by atoms with Gasteiger partial charge in [0.1, 0.15) is 5.75 Å². The molecule has 1 fully saturated rings. The van der Waals surface area contributed by atoms with Gasteiger partial charge in [0.05, 0.1) is 29.2 Å². The van der Waals surface area contributed by atoms with Gasteiger partial charge in [0.25, 0.3) is 0 Å². The van der Waals surface area contributed by atoms with E-state index < -0.39 is 21.0 Å². The maximum atomic E-state index is 12.8. The summed E-state index contributed by atoms with van der Waals surface area (Å²) in [6, 6.07) is 15.3. The number of hydrogen-bond acceptors (Lipinski definition) is 4. The van der Waals surface area contributed by atoms with E-state index in [1.807, 2.05) is 12.1 Å². The summed E-state index contributed by atoms with van der Waals surface area (Å²) in [5.74, 6) is -0.157. The number of nitrogens with zero attached hydrogens (tertiary/aromatic N) is 1. The molecule has 0 N–H and O–H groups in total. The van der Waals surface area contributed by atoms with Crippen LogP contribution >= 0.6 is 11.6 Å². The monoisotopic (exact) mass is 347 g/mol. The van der Waals surface area contributed by atoms with Crippen LogP contribution in [0.25, 0.3) is 0 Å². The van der Waals surface area contributed by atoms with Crippen LogP contribution in [-0.2, 0) is 9.84 Å². The van der Waals surface area contributed by atoms with Crippen molar-refractivity contribution in [3.8, 4) is 11.8 Å². The van der Waals surface area contributed by atoms with E-state index in [2.05, 4.69) is 6.07 Å². The minimum Gasteiger partial charge on any atom is -0.497 e. The highest BCUT2D eigenvalue weighted by Crippen LogP contribution is 2.53. The molecule has 0 heterocycles. The van der Waals surface area contributed by atoms with Crippen LogP contribution in [0.15, 0.2) is 53.4 Å². The molecule has 0 spiro atoms. The number of nitriles is 1. The second-order valence-corrected chi connectivity index (χ2v) is 7.96. The van der Waals surface area contributed by atoms with E-state index >= 15 is 0 Å². The molecule has 0 unspecified atom stereocenters. The smallest absolute Gasteiger partial charge is 0.183 e. The first-order chi connectivity index (χ1) is 11.0. The molecule has 23 heavy (non-hydrogen) atoms. The van der Waals surface area contributed by atoms with Crippen LogP contribution in [0.2, 0.25) is 5.02 Å². The molecular weight excluding hydrogens is 334 g/mol. The normalized spacial score (nSPS) is 23.1. The second-order valence-electron chi connectivity index (χ2n) is 5.42. The maximum Gasteiger partial charge on any atom is 0.183 e. The van der Waals surface area contributed by atoms with Crippen LogP contribution < -0.4 is 4.74 Å². The Balaban J connectivity index is 1.92. The van der Waals surface area contributed by atoms with Gasteiger partial charge in [-0.3, -0.25) is 0 Å². The van der Waals surface area contributed by atoms with E-state index in [1.54, 1.807) is 31.4 Å². The number of ether oxygens (including phenoxy) is 1. The van der Waals surface area contributed by atoms with E-state index in [9.17, 15) is 13.7 Å². The Kier molecular flexibility index (Phi) is 4.05. The van der Waals surface area contributed by atoms with Crippen molar-refractivity contribution < 1.29 is 13.2 Å². The largest absolute Gasteiger partial charge is 0.497 e. The predicted octanol–water partition coefficient (Wildman–Crippen LogP) is 3.43. The third-order valence-corrected chi connectivity index (χ3v) is 6.59. The molecule has 0 aromatic heterocycles. The number of benzene rings is 2. The molecule has 0 aliphatic heterocycles. The summed E-state index contributed by atoms with van der Waals surface area (Å²) in [5, 5.41) is 9.06. The Morgan fingerprint density at radius 3 is 2.22 bits per heavy atom. The zero-order valence-corrected chi connectivity index (χ0v) is 13.9. The zero-order chi connectivity index (χ0) is 16.6. The zero-order valence-electron chi connectivity index (χ0n) is 12.3. The highest BCUT2D eigenvalue weighted by Gasteiger charge is 2.59. The molecule has 118 valence electrons. The lowest BCUT2D eigenvalue weighted by Crippen LogP contribution is -2.10. The van der Waals surface area contributed by atoms with Crippen LogP contribution in [-0.4, -0.2) is 20.8 Å². The summed E-state index contributed by atoms with van der Waals surface area (Å²) >= 11 is 5.81. The molecular formula is C17H14ClNO3S. The molecule has 0 radical (unpaired) electrons. The van der Waals surface area contributed by atoms with Crippen LogP contribution in [0, 0.1) is 17.2 Å². The van der Waals surface area contributed by atoms with E-state index in [1.165, 1.54) is 12.1 Å². The van der Waals surface area contributed by atoms with Crippen molar-refractivity contribution in [1.29, 1.82) is 5.26 Å². The van der Waals surface area contributed by atoms with Gasteiger partial charge in [-0.05, 0) is 42.0 Å². The molecule has 3 rings (SSSR count).